The minimum absolute atomic E-state index is 0.725. The van der Waals surface area contributed by atoms with Gasteiger partial charge in [0.05, 0.1) is 6.20 Å². The average Bonchev–Trinajstić information content (AvgIpc) is 2.94. The van der Waals surface area contributed by atoms with Crippen LogP contribution in [0.2, 0.25) is 0 Å². The van der Waals surface area contributed by atoms with E-state index in [0.717, 1.165) is 22.4 Å². The maximum atomic E-state index is 4.25. The fourth-order valence-electron chi connectivity index (χ4n) is 1.95. The summed E-state index contributed by atoms with van der Waals surface area (Å²) in [6, 6.07) is 10.2. The summed E-state index contributed by atoms with van der Waals surface area (Å²) >= 11 is 1.64. The van der Waals surface area contributed by atoms with E-state index in [-0.39, 0.29) is 0 Å². The highest BCUT2D eigenvalue weighted by atomic mass is 32.2. The molecule has 0 fully saturated rings. The molecule has 2 heterocycles. The molecule has 5 nitrogen and oxygen atoms in total. The van der Waals surface area contributed by atoms with E-state index in [9.17, 15) is 0 Å². The number of aromatic nitrogens is 5. The van der Waals surface area contributed by atoms with Gasteiger partial charge in [0.1, 0.15) is 5.69 Å². The summed E-state index contributed by atoms with van der Waals surface area (Å²) < 4.78 is 1.94. The molecule has 3 rings (SSSR count). The van der Waals surface area contributed by atoms with Crippen LogP contribution in [0.3, 0.4) is 0 Å². The average molecular weight is 309 g/mol. The summed E-state index contributed by atoms with van der Waals surface area (Å²) in [6.07, 6.45) is 9.21. The molecule has 0 amide bonds. The van der Waals surface area contributed by atoms with Crippen molar-refractivity contribution in [2.75, 3.05) is 5.75 Å². The van der Waals surface area contributed by atoms with Crippen LogP contribution in [0.5, 0.6) is 0 Å². The third-order valence-corrected chi connectivity index (χ3v) is 4.02. The molecular weight excluding hydrogens is 294 g/mol. The van der Waals surface area contributed by atoms with Crippen molar-refractivity contribution >= 4 is 17.8 Å². The summed E-state index contributed by atoms with van der Waals surface area (Å²) in [7, 11) is 1.94. The quantitative estimate of drug-likeness (QED) is 0.678. The van der Waals surface area contributed by atoms with E-state index in [4.69, 9.17) is 0 Å². The maximum absolute atomic E-state index is 4.25. The smallest absolute Gasteiger partial charge is 0.191 e. The van der Waals surface area contributed by atoms with Gasteiger partial charge in [-0.1, -0.05) is 54.2 Å². The summed E-state index contributed by atoms with van der Waals surface area (Å²) in [5, 5.41) is 9.26. The van der Waals surface area contributed by atoms with Crippen molar-refractivity contribution < 1.29 is 0 Å². The van der Waals surface area contributed by atoms with Gasteiger partial charge in [-0.05, 0) is 5.56 Å². The lowest BCUT2D eigenvalue weighted by Gasteiger charge is -2.01. The number of rotatable bonds is 5. The fraction of sp³-hybridized carbons (Fsp3) is 0.125. The van der Waals surface area contributed by atoms with E-state index >= 15 is 0 Å². The Morgan fingerprint density at radius 2 is 2.00 bits per heavy atom. The van der Waals surface area contributed by atoms with E-state index < -0.39 is 0 Å². The summed E-state index contributed by atoms with van der Waals surface area (Å²) in [5.74, 6) is 1.56. The standard InChI is InChI=1S/C16H15N5S/c1-21-15(14-12-17-9-10-18-14)19-20-16(21)22-11-5-8-13-6-3-2-4-7-13/h2-10,12H,11H2,1H3/b8-5-. The van der Waals surface area contributed by atoms with Crippen LogP contribution < -0.4 is 0 Å². The molecular formula is C16H15N5S. The van der Waals surface area contributed by atoms with Crippen LogP contribution in [-0.2, 0) is 7.05 Å². The Balaban J connectivity index is 1.65. The van der Waals surface area contributed by atoms with E-state index in [2.05, 4.69) is 44.5 Å². The van der Waals surface area contributed by atoms with Crippen molar-refractivity contribution in [1.82, 2.24) is 24.7 Å². The zero-order valence-corrected chi connectivity index (χ0v) is 12.9. The first kappa shape index (κ1) is 14.5. The molecule has 0 bridgehead atoms. The van der Waals surface area contributed by atoms with Gasteiger partial charge in [-0.3, -0.25) is 4.98 Å². The van der Waals surface area contributed by atoms with Crippen molar-refractivity contribution in [1.29, 1.82) is 0 Å². The highest BCUT2D eigenvalue weighted by molar-refractivity contribution is 7.99. The lowest BCUT2D eigenvalue weighted by Crippen LogP contribution is -1.96. The van der Waals surface area contributed by atoms with Gasteiger partial charge in [0.15, 0.2) is 11.0 Å². The molecule has 0 spiro atoms. The molecule has 0 unspecified atom stereocenters. The van der Waals surface area contributed by atoms with Crippen molar-refractivity contribution in [3.05, 3.63) is 60.6 Å². The van der Waals surface area contributed by atoms with Crippen molar-refractivity contribution in [2.45, 2.75) is 5.16 Å². The first-order valence-corrected chi connectivity index (χ1v) is 7.83. The largest absolute Gasteiger partial charge is 0.304 e. The van der Waals surface area contributed by atoms with Gasteiger partial charge in [-0.25, -0.2) is 4.98 Å². The van der Waals surface area contributed by atoms with E-state index in [1.165, 1.54) is 5.56 Å². The molecule has 0 aliphatic rings. The summed E-state index contributed by atoms with van der Waals surface area (Å²) in [6.45, 7) is 0. The minimum atomic E-state index is 0.725. The first-order valence-electron chi connectivity index (χ1n) is 6.85. The topological polar surface area (TPSA) is 56.5 Å². The van der Waals surface area contributed by atoms with Crippen molar-refractivity contribution in [3.8, 4) is 11.5 Å². The predicted octanol–water partition coefficient (Wildman–Crippen LogP) is 3.08. The van der Waals surface area contributed by atoms with Crippen molar-refractivity contribution in [3.63, 3.8) is 0 Å². The van der Waals surface area contributed by atoms with E-state index in [0.29, 0.717) is 0 Å². The van der Waals surface area contributed by atoms with Crippen LogP contribution in [0.1, 0.15) is 5.56 Å². The molecule has 0 saturated carbocycles. The highest BCUT2D eigenvalue weighted by Gasteiger charge is 2.11. The molecule has 0 N–H and O–H groups in total. The Morgan fingerprint density at radius 3 is 2.77 bits per heavy atom. The molecule has 0 aliphatic heterocycles. The van der Waals surface area contributed by atoms with Gasteiger partial charge >= 0.3 is 0 Å². The van der Waals surface area contributed by atoms with E-state index in [1.54, 1.807) is 30.4 Å². The van der Waals surface area contributed by atoms with Gasteiger partial charge < -0.3 is 4.57 Å². The van der Waals surface area contributed by atoms with Crippen LogP contribution in [0.15, 0.2) is 60.2 Å². The Labute approximate surface area is 133 Å². The van der Waals surface area contributed by atoms with Gasteiger partial charge in [-0.2, -0.15) is 0 Å². The maximum Gasteiger partial charge on any atom is 0.191 e. The Hall–Kier alpha value is -2.47. The highest BCUT2D eigenvalue weighted by Crippen LogP contribution is 2.20. The Kier molecular flexibility index (Phi) is 4.60. The van der Waals surface area contributed by atoms with Gasteiger partial charge in [0.25, 0.3) is 0 Å². The minimum Gasteiger partial charge on any atom is -0.304 e. The second kappa shape index (κ2) is 7.00. The van der Waals surface area contributed by atoms with Crippen LogP contribution >= 0.6 is 11.8 Å². The molecule has 0 aliphatic carbocycles. The molecule has 0 atom stereocenters. The zero-order valence-electron chi connectivity index (χ0n) is 12.1. The molecule has 2 aromatic heterocycles. The van der Waals surface area contributed by atoms with Crippen LogP contribution in [-0.4, -0.2) is 30.5 Å². The third kappa shape index (κ3) is 3.40. The van der Waals surface area contributed by atoms with Gasteiger partial charge in [-0.15, -0.1) is 10.2 Å². The Bertz CT molecular complexity index is 753. The molecule has 0 radical (unpaired) electrons. The number of nitrogens with zero attached hydrogens (tertiary/aromatic N) is 5. The summed E-state index contributed by atoms with van der Waals surface area (Å²) in [5.41, 5.74) is 1.92. The lowest BCUT2D eigenvalue weighted by atomic mass is 10.2. The third-order valence-electron chi connectivity index (χ3n) is 3.05. The number of hydrogen-bond acceptors (Lipinski definition) is 5. The van der Waals surface area contributed by atoms with Crippen LogP contribution in [0, 0.1) is 0 Å². The van der Waals surface area contributed by atoms with Crippen LogP contribution in [0.25, 0.3) is 17.6 Å². The van der Waals surface area contributed by atoms with Gasteiger partial charge in [0, 0.05) is 25.2 Å². The normalized spacial score (nSPS) is 11.1. The molecule has 0 saturated heterocycles. The zero-order chi connectivity index (χ0) is 15.2. The van der Waals surface area contributed by atoms with Crippen LogP contribution in [0.4, 0.5) is 0 Å². The SMILES string of the molecule is Cn1c(SC/C=C\c2ccccc2)nnc1-c1cnccn1. The number of thioether (sulfide) groups is 1. The van der Waals surface area contributed by atoms with E-state index in [1.807, 2.05) is 29.8 Å². The molecule has 6 heteroatoms. The fourth-order valence-corrected chi connectivity index (χ4v) is 2.67. The second-order valence-electron chi connectivity index (χ2n) is 4.58. The number of hydrogen-bond donors (Lipinski definition) is 0. The molecule has 110 valence electrons. The first-order chi connectivity index (χ1) is 10.8. The monoisotopic (exact) mass is 309 g/mol. The Morgan fingerprint density at radius 1 is 1.14 bits per heavy atom. The molecule has 22 heavy (non-hydrogen) atoms. The lowest BCUT2D eigenvalue weighted by molar-refractivity contribution is 0.792. The van der Waals surface area contributed by atoms with Crippen molar-refractivity contribution in [2.24, 2.45) is 7.05 Å². The van der Waals surface area contributed by atoms with Gasteiger partial charge in [0.2, 0.25) is 0 Å². The number of benzene rings is 1. The summed E-state index contributed by atoms with van der Waals surface area (Å²) in [4.78, 5) is 8.31. The molecule has 1 aromatic carbocycles. The molecule has 3 aromatic rings. The predicted molar refractivity (Wildman–Crippen MR) is 88.2 cm³/mol. The second-order valence-corrected chi connectivity index (χ2v) is 5.57.